The summed E-state index contributed by atoms with van der Waals surface area (Å²) in [5.41, 5.74) is 1.95. The number of ether oxygens (including phenoxy) is 1. The summed E-state index contributed by atoms with van der Waals surface area (Å²) in [7, 11) is 1.58. The van der Waals surface area contributed by atoms with E-state index in [9.17, 15) is 0 Å². The van der Waals surface area contributed by atoms with Gasteiger partial charge in [-0.1, -0.05) is 17.7 Å². The van der Waals surface area contributed by atoms with E-state index in [1.807, 2.05) is 24.4 Å². The van der Waals surface area contributed by atoms with E-state index in [1.165, 1.54) is 0 Å². The van der Waals surface area contributed by atoms with Crippen molar-refractivity contribution in [3.63, 3.8) is 0 Å². The zero-order valence-corrected chi connectivity index (χ0v) is 10.7. The molecule has 0 spiro atoms. The highest BCUT2D eigenvalue weighted by Crippen LogP contribution is 2.29. The molecule has 0 bridgehead atoms. The van der Waals surface area contributed by atoms with E-state index < -0.39 is 0 Å². The van der Waals surface area contributed by atoms with Gasteiger partial charge in [-0.3, -0.25) is 4.68 Å². The van der Waals surface area contributed by atoms with Gasteiger partial charge in [-0.2, -0.15) is 10.4 Å². The average Bonchev–Trinajstić information content (AvgIpc) is 2.85. The van der Waals surface area contributed by atoms with Gasteiger partial charge in [0.15, 0.2) is 0 Å². The van der Waals surface area contributed by atoms with Crippen molar-refractivity contribution in [1.29, 1.82) is 5.26 Å². The fourth-order valence-electron chi connectivity index (χ4n) is 1.65. The van der Waals surface area contributed by atoms with E-state index in [0.717, 1.165) is 11.1 Å². The molecule has 0 saturated carbocycles. The van der Waals surface area contributed by atoms with Crippen LogP contribution in [0, 0.1) is 11.3 Å². The minimum Gasteiger partial charge on any atom is -0.495 e. The third kappa shape index (κ3) is 2.63. The first-order valence-corrected chi connectivity index (χ1v) is 5.85. The van der Waals surface area contributed by atoms with E-state index in [0.29, 0.717) is 23.7 Å². The normalized spacial score (nSPS) is 10.1. The van der Waals surface area contributed by atoms with Gasteiger partial charge in [0.25, 0.3) is 0 Å². The van der Waals surface area contributed by atoms with Crippen LogP contribution in [0.1, 0.15) is 6.42 Å². The molecule has 2 rings (SSSR count). The zero-order valence-electron chi connectivity index (χ0n) is 9.93. The molecule has 2 aromatic rings. The van der Waals surface area contributed by atoms with Gasteiger partial charge >= 0.3 is 0 Å². The number of nitriles is 1. The highest BCUT2D eigenvalue weighted by Gasteiger charge is 2.05. The molecule has 1 aromatic heterocycles. The van der Waals surface area contributed by atoms with Crippen LogP contribution in [0.3, 0.4) is 0 Å². The summed E-state index contributed by atoms with van der Waals surface area (Å²) in [5.74, 6) is 0.650. The highest BCUT2D eigenvalue weighted by molar-refractivity contribution is 6.32. The van der Waals surface area contributed by atoms with Crippen LogP contribution < -0.4 is 4.74 Å². The molecule has 0 radical (unpaired) electrons. The standard InChI is InChI=1S/C13H12ClN3O/c1-18-13-4-3-10(7-12(13)14)11-8-16-17(9-11)6-2-5-15/h3-4,7-9H,2,6H2,1H3. The van der Waals surface area contributed by atoms with Crippen molar-refractivity contribution in [2.75, 3.05) is 7.11 Å². The predicted octanol–water partition coefficient (Wildman–Crippen LogP) is 3.13. The summed E-state index contributed by atoms with van der Waals surface area (Å²) in [4.78, 5) is 0. The number of halogens is 1. The first-order valence-electron chi connectivity index (χ1n) is 5.48. The Morgan fingerprint density at radius 3 is 2.94 bits per heavy atom. The third-order valence-corrected chi connectivity index (χ3v) is 2.87. The van der Waals surface area contributed by atoms with Gasteiger partial charge < -0.3 is 4.74 Å². The van der Waals surface area contributed by atoms with Crippen LogP contribution in [0.5, 0.6) is 5.75 Å². The van der Waals surface area contributed by atoms with Crippen molar-refractivity contribution >= 4 is 11.6 Å². The van der Waals surface area contributed by atoms with E-state index >= 15 is 0 Å². The number of hydrogen-bond donors (Lipinski definition) is 0. The third-order valence-electron chi connectivity index (χ3n) is 2.57. The van der Waals surface area contributed by atoms with Crippen LogP contribution in [0.2, 0.25) is 5.02 Å². The van der Waals surface area contributed by atoms with Crippen LogP contribution >= 0.6 is 11.6 Å². The van der Waals surface area contributed by atoms with E-state index in [4.69, 9.17) is 21.6 Å². The van der Waals surface area contributed by atoms with Crippen molar-refractivity contribution in [1.82, 2.24) is 9.78 Å². The van der Waals surface area contributed by atoms with Gasteiger partial charge in [-0.15, -0.1) is 0 Å². The van der Waals surface area contributed by atoms with Crippen LogP contribution in [0.4, 0.5) is 0 Å². The van der Waals surface area contributed by atoms with E-state index in [1.54, 1.807) is 18.0 Å². The smallest absolute Gasteiger partial charge is 0.137 e. The maximum atomic E-state index is 8.52. The fraction of sp³-hybridized carbons (Fsp3) is 0.231. The molecule has 0 aliphatic heterocycles. The van der Waals surface area contributed by atoms with Crippen molar-refractivity contribution in [3.05, 3.63) is 35.6 Å². The molecule has 1 aromatic carbocycles. The van der Waals surface area contributed by atoms with Gasteiger partial charge in [0, 0.05) is 11.8 Å². The number of nitrogens with zero attached hydrogens (tertiary/aromatic N) is 3. The molecule has 0 aliphatic rings. The summed E-state index contributed by atoms with van der Waals surface area (Å²) < 4.78 is 6.85. The van der Waals surface area contributed by atoms with Crippen molar-refractivity contribution in [3.8, 4) is 22.9 Å². The summed E-state index contributed by atoms with van der Waals surface area (Å²) in [5, 5.41) is 13.3. The Hall–Kier alpha value is -1.99. The molecule has 0 amide bonds. The first kappa shape index (κ1) is 12.5. The molecule has 18 heavy (non-hydrogen) atoms. The minimum absolute atomic E-state index is 0.449. The Morgan fingerprint density at radius 1 is 1.44 bits per heavy atom. The molecular weight excluding hydrogens is 250 g/mol. The van der Waals surface area contributed by atoms with Crippen LogP contribution in [-0.4, -0.2) is 16.9 Å². The lowest BCUT2D eigenvalue weighted by molar-refractivity contribution is 0.415. The highest BCUT2D eigenvalue weighted by atomic mass is 35.5. The molecule has 4 nitrogen and oxygen atoms in total. The number of aryl methyl sites for hydroxylation is 1. The lowest BCUT2D eigenvalue weighted by atomic mass is 10.1. The van der Waals surface area contributed by atoms with Gasteiger partial charge in [0.1, 0.15) is 5.75 Å². The molecule has 1 heterocycles. The Kier molecular flexibility index (Phi) is 3.85. The maximum Gasteiger partial charge on any atom is 0.137 e. The lowest BCUT2D eigenvalue weighted by Crippen LogP contribution is -1.96. The van der Waals surface area contributed by atoms with Crippen molar-refractivity contribution in [2.45, 2.75) is 13.0 Å². The molecule has 0 N–H and O–H groups in total. The van der Waals surface area contributed by atoms with Crippen molar-refractivity contribution < 1.29 is 4.74 Å². The van der Waals surface area contributed by atoms with Gasteiger partial charge in [0.2, 0.25) is 0 Å². The van der Waals surface area contributed by atoms with Crippen LogP contribution in [-0.2, 0) is 6.54 Å². The van der Waals surface area contributed by atoms with Crippen LogP contribution in [0.25, 0.3) is 11.1 Å². The Morgan fingerprint density at radius 2 is 2.28 bits per heavy atom. The Labute approximate surface area is 110 Å². The summed E-state index contributed by atoms with van der Waals surface area (Å²) in [6.45, 7) is 0.598. The SMILES string of the molecule is COc1ccc(-c2cnn(CCC#N)c2)cc1Cl. The molecular formula is C13H12ClN3O. The summed E-state index contributed by atoms with van der Waals surface area (Å²) >= 11 is 6.07. The number of methoxy groups -OCH3 is 1. The Balaban J connectivity index is 2.23. The lowest BCUT2D eigenvalue weighted by Gasteiger charge is -2.04. The zero-order chi connectivity index (χ0) is 13.0. The molecule has 0 aliphatic carbocycles. The molecule has 0 unspecified atom stereocenters. The van der Waals surface area contributed by atoms with Crippen molar-refractivity contribution in [2.24, 2.45) is 0 Å². The largest absolute Gasteiger partial charge is 0.495 e. The molecule has 0 fully saturated rings. The molecule has 0 atom stereocenters. The monoisotopic (exact) mass is 261 g/mol. The topological polar surface area (TPSA) is 50.8 Å². The molecule has 92 valence electrons. The van der Waals surface area contributed by atoms with E-state index in [-0.39, 0.29) is 0 Å². The van der Waals surface area contributed by atoms with Crippen LogP contribution in [0.15, 0.2) is 30.6 Å². The fourth-order valence-corrected chi connectivity index (χ4v) is 1.90. The predicted molar refractivity (Wildman–Crippen MR) is 69.5 cm³/mol. The molecule has 5 heteroatoms. The second kappa shape index (κ2) is 5.56. The second-order valence-electron chi connectivity index (χ2n) is 3.75. The first-order chi connectivity index (χ1) is 8.74. The Bertz CT molecular complexity index is 586. The maximum absolute atomic E-state index is 8.52. The number of aromatic nitrogens is 2. The molecule has 0 saturated heterocycles. The quantitative estimate of drug-likeness (QED) is 0.850. The average molecular weight is 262 g/mol. The minimum atomic E-state index is 0.449. The number of benzene rings is 1. The summed E-state index contributed by atoms with van der Waals surface area (Å²) in [6.07, 6.45) is 4.11. The number of hydrogen-bond acceptors (Lipinski definition) is 3. The van der Waals surface area contributed by atoms with Gasteiger partial charge in [-0.25, -0.2) is 0 Å². The summed E-state index contributed by atoms with van der Waals surface area (Å²) in [6, 6.07) is 7.68. The van der Waals surface area contributed by atoms with Gasteiger partial charge in [0.05, 0.1) is 37.4 Å². The second-order valence-corrected chi connectivity index (χ2v) is 4.16. The van der Waals surface area contributed by atoms with Gasteiger partial charge in [-0.05, 0) is 17.7 Å². The number of rotatable bonds is 4. The van der Waals surface area contributed by atoms with E-state index in [2.05, 4.69) is 11.2 Å².